The molecule has 0 aromatic carbocycles. The molecule has 1 spiro atoms. The highest BCUT2D eigenvalue weighted by atomic mass is 16.5. The topological polar surface area (TPSA) is 9.23 Å². The van der Waals surface area contributed by atoms with Gasteiger partial charge in [-0.1, -0.05) is 0 Å². The molecule has 11 rings (SSSR count). The molecular formula is C22H30O. The minimum atomic E-state index is 0.678. The molecule has 0 aromatic rings. The molecule has 124 valence electrons. The maximum absolute atomic E-state index is 6.42. The Morgan fingerprint density at radius 2 is 1.39 bits per heavy atom. The van der Waals surface area contributed by atoms with Crippen molar-refractivity contribution in [3.05, 3.63) is 0 Å². The largest absolute Gasteiger partial charge is 0.378 e. The SMILES string of the molecule is C1COC(C2C3CC4C5CC6C7CC8CC6C(C5C3)C2(C8)C74)C1. The molecule has 0 N–H and O–H groups in total. The Kier molecular flexibility index (Phi) is 1.92. The third-order valence-electron chi connectivity index (χ3n) is 11.3. The van der Waals surface area contributed by atoms with Crippen LogP contribution in [-0.2, 0) is 4.74 Å². The van der Waals surface area contributed by atoms with Gasteiger partial charge in [0.1, 0.15) is 0 Å². The molecule has 11 aliphatic rings. The van der Waals surface area contributed by atoms with Gasteiger partial charge in [-0.2, -0.15) is 0 Å². The van der Waals surface area contributed by atoms with E-state index in [1.165, 1.54) is 60.2 Å². The fourth-order valence-corrected chi connectivity index (χ4v) is 11.9. The molecule has 0 radical (unpaired) electrons. The van der Waals surface area contributed by atoms with Gasteiger partial charge in [0, 0.05) is 6.61 Å². The quantitative estimate of drug-likeness (QED) is 0.699. The summed E-state index contributed by atoms with van der Waals surface area (Å²) < 4.78 is 6.42. The van der Waals surface area contributed by atoms with E-state index in [0.717, 1.165) is 29.8 Å². The van der Waals surface area contributed by atoms with Crippen LogP contribution in [0.2, 0.25) is 0 Å². The summed E-state index contributed by atoms with van der Waals surface area (Å²) >= 11 is 0. The van der Waals surface area contributed by atoms with Crippen LogP contribution >= 0.6 is 0 Å². The molecule has 1 nitrogen and oxygen atoms in total. The van der Waals surface area contributed by atoms with Crippen molar-refractivity contribution in [3.63, 3.8) is 0 Å². The van der Waals surface area contributed by atoms with Gasteiger partial charge in [0.15, 0.2) is 0 Å². The summed E-state index contributed by atoms with van der Waals surface area (Å²) in [6, 6.07) is 0. The van der Waals surface area contributed by atoms with Crippen LogP contribution in [0.5, 0.6) is 0 Å². The molecule has 23 heavy (non-hydrogen) atoms. The van der Waals surface area contributed by atoms with Crippen LogP contribution in [0.15, 0.2) is 0 Å². The van der Waals surface area contributed by atoms with Gasteiger partial charge in [-0.05, 0) is 122 Å². The maximum atomic E-state index is 6.42. The highest BCUT2D eigenvalue weighted by Crippen LogP contribution is 2.86. The number of rotatable bonds is 1. The lowest BCUT2D eigenvalue weighted by Crippen LogP contribution is -2.80. The number of hydrogen-bond donors (Lipinski definition) is 0. The molecule has 10 aliphatic carbocycles. The number of ether oxygens (including phenoxy) is 1. The van der Waals surface area contributed by atoms with Gasteiger partial charge in [0.2, 0.25) is 0 Å². The third kappa shape index (κ3) is 1.08. The summed E-state index contributed by atoms with van der Waals surface area (Å²) in [6.07, 6.45) is 13.3. The standard InChI is InChI=1S/C22H30O/c1-2-18(23-3-1)19-11-6-16-13-8-12-14-4-10-5-15(12)21(17(13)7-11)22(19,9-10)20(14)16/h10-21H,1-9H2. The van der Waals surface area contributed by atoms with E-state index in [0.29, 0.717) is 6.10 Å². The number of hydrogen-bond acceptors (Lipinski definition) is 1. The Morgan fingerprint density at radius 3 is 2.04 bits per heavy atom. The lowest BCUT2D eigenvalue weighted by molar-refractivity contribution is -0.377. The molecular weight excluding hydrogens is 280 g/mol. The van der Waals surface area contributed by atoms with Crippen LogP contribution < -0.4 is 0 Å². The van der Waals surface area contributed by atoms with Gasteiger partial charge in [0.25, 0.3) is 0 Å². The van der Waals surface area contributed by atoms with Gasteiger partial charge in [-0.25, -0.2) is 0 Å². The van der Waals surface area contributed by atoms with Gasteiger partial charge in [-0.15, -0.1) is 0 Å². The van der Waals surface area contributed by atoms with E-state index in [1.807, 2.05) is 0 Å². The molecule has 1 heteroatoms. The fraction of sp³-hybridized carbons (Fsp3) is 1.00. The van der Waals surface area contributed by atoms with Crippen LogP contribution in [0.1, 0.15) is 51.4 Å². The van der Waals surface area contributed by atoms with Gasteiger partial charge in [-0.3, -0.25) is 0 Å². The van der Waals surface area contributed by atoms with Crippen LogP contribution in [0, 0.1) is 70.5 Å². The smallest absolute Gasteiger partial charge is 0.0612 e. The molecule has 11 fully saturated rings. The first-order chi connectivity index (χ1) is 11.4. The van der Waals surface area contributed by atoms with E-state index < -0.39 is 0 Å². The van der Waals surface area contributed by atoms with Crippen LogP contribution in [-0.4, -0.2) is 12.7 Å². The van der Waals surface area contributed by atoms with E-state index in [2.05, 4.69) is 0 Å². The summed E-state index contributed by atoms with van der Waals surface area (Å²) in [4.78, 5) is 0. The van der Waals surface area contributed by atoms with Crippen LogP contribution in [0.4, 0.5) is 0 Å². The van der Waals surface area contributed by atoms with Crippen molar-refractivity contribution < 1.29 is 4.74 Å². The maximum Gasteiger partial charge on any atom is 0.0612 e. The van der Waals surface area contributed by atoms with Crippen molar-refractivity contribution in [2.24, 2.45) is 70.5 Å². The third-order valence-corrected chi connectivity index (χ3v) is 11.3. The second-order valence-electron chi connectivity index (χ2n) is 11.2. The summed E-state index contributed by atoms with van der Waals surface area (Å²) in [5.74, 6) is 12.6. The first-order valence-corrected chi connectivity index (χ1v) is 11.0. The van der Waals surface area contributed by atoms with Crippen LogP contribution in [0.3, 0.4) is 0 Å². The lowest BCUT2D eigenvalue weighted by Gasteiger charge is -2.85. The predicted octanol–water partition coefficient (Wildman–Crippen LogP) is 4.37. The molecule has 8 unspecified atom stereocenters. The minimum absolute atomic E-state index is 0.678. The summed E-state index contributed by atoms with van der Waals surface area (Å²) in [5.41, 5.74) is 0.801. The Bertz CT molecular complexity index is 545. The Hall–Kier alpha value is -0.0400. The van der Waals surface area contributed by atoms with Crippen molar-refractivity contribution in [2.45, 2.75) is 57.5 Å². The van der Waals surface area contributed by atoms with Crippen LogP contribution in [0.25, 0.3) is 0 Å². The average Bonchev–Trinajstić information content (AvgIpc) is 3.06. The molecule has 1 aliphatic heterocycles. The normalized spacial score (nSPS) is 75.1. The lowest BCUT2D eigenvalue weighted by atomic mass is 9.20. The van der Waals surface area contributed by atoms with Gasteiger partial charge < -0.3 is 4.74 Å². The van der Waals surface area contributed by atoms with Crippen molar-refractivity contribution in [1.29, 1.82) is 0 Å². The molecule has 11 bridgehead atoms. The van der Waals surface area contributed by atoms with Crippen molar-refractivity contribution in [1.82, 2.24) is 0 Å². The van der Waals surface area contributed by atoms with E-state index in [1.54, 1.807) is 38.5 Å². The Labute approximate surface area is 139 Å². The average molecular weight is 310 g/mol. The van der Waals surface area contributed by atoms with Crippen molar-refractivity contribution >= 4 is 0 Å². The first kappa shape index (κ1) is 12.3. The van der Waals surface area contributed by atoms with Crippen molar-refractivity contribution in [2.75, 3.05) is 6.61 Å². The zero-order valence-electron chi connectivity index (χ0n) is 14.2. The molecule has 8 atom stereocenters. The fourth-order valence-electron chi connectivity index (χ4n) is 11.9. The summed E-state index contributed by atoms with van der Waals surface area (Å²) in [7, 11) is 0. The Balaban J connectivity index is 1.38. The van der Waals surface area contributed by atoms with E-state index in [9.17, 15) is 0 Å². The summed E-state index contributed by atoms with van der Waals surface area (Å²) in [5, 5.41) is 0. The minimum Gasteiger partial charge on any atom is -0.378 e. The van der Waals surface area contributed by atoms with Gasteiger partial charge in [0.05, 0.1) is 6.10 Å². The summed E-state index contributed by atoms with van der Waals surface area (Å²) in [6.45, 7) is 1.08. The molecule has 1 heterocycles. The molecule has 1 saturated heterocycles. The zero-order chi connectivity index (χ0) is 14.5. The molecule has 10 saturated carbocycles. The zero-order valence-corrected chi connectivity index (χ0v) is 14.2. The second-order valence-corrected chi connectivity index (χ2v) is 11.2. The predicted molar refractivity (Wildman–Crippen MR) is 87.5 cm³/mol. The van der Waals surface area contributed by atoms with E-state index in [4.69, 9.17) is 4.74 Å². The molecule has 0 amide bonds. The highest BCUT2D eigenvalue weighted by Gasteiger charge is 2.81. The van der Waals surface area contributed by atoms with Gasteiger partial charge >= 0.3 is 0 Å². The highest BCUT2D eigenvalue weighted by molar-refractivity contribution is 5.28. The monoisotopic (exact) mass is 310 g/mol. The Morgan fingerprint density at radius 1 is 0.696 bits per heavy atom. The molecule has 0 aromatic heterocycles. The van der Waals surface area contributed by atoms with Crippen molar-refractivity contribution in [3.8, 4) is 0 Å². The van der Waals surface area contributed by atoms with E-state index >= 15 is 0 Å². The first-order valence-electron chi connectivity index (χ1n) is 11.0. The van der Waals surface area contributed by atoms with E-state index in [-0.39, 0.29) is 0 Å². The second kappa shape index (κ2) is 3.57.